The number of ether oxygens (including phenoxy) is 1. The van der Waals surface area contributed by atoms with Gasteiger partial charge in [-0.15, -0.1) is 0 Å². The zero-order valence-electron chi connectivity index (χ0n) is 14.7. The minimum atomic E-state index is -0.984. The average Bonchev–Trinajstić information content (AvgIpc) is 3.15. The summed E-state index contributed by atoms with van der Waals surface area (Å²) in [5, 5.41) is 13.3. The molecule has 3 aromatic rings. The van der Waals surface area contributed by atoms with Crippen molar-refractivity contribution >= 4 is 17.8 Å². The summed E-state index contributed by atoms with van der Waals surface area (Å²) in [6.07, 6.45) is 6.40. The lowest BCUT2D eigenvalue weighted by molar-refractivity contribution is -0.136. The molecule has 0 amide bonds. The lowest BCUT2D eigenvalue weighted by atomic mass is 10.0. The number of rotatable bonds is 7. The first-order valence-electron chi connectivity index (χ1n) is 8.28. The highest BCUT2D eigenvalue weighted by Gasteiger charge is 2.11. The summed E-state index contributed by atoms with van der Waals surface area (Å²) in [5.74, 6) is -0.763. The van der Waals surface area contributed by atoms with Crippen molar-refractivity contribution in [3.63, 3.8) is 0 Å². The molecular weight excluding hydrogens is 344 g/mol. The first-order chi connectivity index (χ1) is 13.1. The van der Waals surface area contributed by atoms with Crippen LogP contribution in [0.5, 0.6) is 5.75 Å². The summed E-state index contributed by atoms with van der Waals surface area (Å²) in [5.41, 5.74) is 2.57. The number of benzene rings is 2. The SMILES string of the molecule is COc1ccc(C(=O)/C=C/c2cnn(-c3ccccc3)c2)cc1CC(=O)O. The maximum absolute atomic E-state index is 12.4. The fourth-order valence-electron chi connectivity index (χ4n) is 2.65. The zero-order chi connectivity index (χ0) is 19.2. The Kier molecular flexibility index (Phi) is 5.47. The summed E-state index contributed by atoms with van der Waals surface area (Å²) in [6.45, 7) is 0. The van der Waals surface area contributed by atoms with E-state index in [-0.39, 0.29) is 12.2 Å². The van der Waals surface area contributed by atoms with Gasteiger partial charge in [0.15, 0.2) is 5.78 Å². The zero-order valence-corrected chi connectivity index (χ0v) is 14.7. The number of para-hydroxylation sites is 1. The first-order valence-corrected chi connectivity index (χ1v) is 8.28. The summed E-state index contributed by atoms with van der Waals surface area (Å²) >= 11 is 0. The molecule has 2 aromatic carbocycles. The number of hydrogen-bond acceptors (Lipinski definition) is 4. The van der Waals surface area contributed by atoms with Crippen LogP contribution in [-0.4, -0.2) is 33.7 Å². The number of carboxylic acid groups (broad SMARTS) is 1. The van der Waals surface area contributed by atoms with Gasteiger partial charge in [-0.1, -0.05) is 18.2 Å². The van der Waals surface area contributed by atoms with E-state index in [9.17, 15) is 9.59 Å². The summed E-state index contributed by atoms with van der Waals surface area (Å²) < 4.78 is 6.88. The van der Waals surface area contributed by atoms with Gasteiger partial charge in [0.1, 0.15) is 5.75 Å². The van der Waals surface area contributed by atoms with E-state index in [1.54, 1.807) is 35.2 Å². The Morgan fingerprint density at radius 1 is 1.19 bits per heavy atom. The number of nitrogens with zero attached hydrogens (tertiary/aromatic N) is 2. The van der Waals surface area contributed by atoms with Crippen LogP contribution in [0.4, 0.5) is 0 Å². The Balaban J connectivity index is 1.77. The van der Waals surface area contributed by atoms with Crippen LogP contribution in [-0.2, 0) is 11.2 Å². The van der Waals surface area contributed by atoms with Crippen LogP contribution in [0.25, 0.3) is 11.8 Å². The van der Waals surface area contributed by atoms with Gasteiger partial charge in [-0.3, -0.25) is 9.59 Å². The Labute approximate surface area is 156 Å². The third kappa shape index (κ3) is 4.49. The standard InChI is InChI=1S/C21H18N2O4/c1-27-20-10-8-16(11-17(20)12-21(25)26)19(24)9-7-15-13-22-23(14-15)18-5-3-2-4-6-18/h2-11,13-14H,12H2,1H3,(H,25,26)/b9-7+. The number of carbonyl (C=O) groups is 2. The van der Waals surface area contributed by atoms with E-state index in [0.717, 1.165) is 11.3 Å². The first kappa shape index (κ1) is 18.1. The fourth-order valence-corrected chi connectivity index (χ4v) is 2.65. The third-order valence-corrected chi connectivity index (χ3v) is 3.96. The highest BCUT2D eigenvalue weighted by molar-refractivity contribution is 6.07. The predicted molar refractivity (Wildman–Crippen MR) is 101 cm³/mol. The second-order valence-electron chi connectivity index (χ2n) is 5.85. The number of allylic oxidation sites excluding steroid dienone is 1. The Bertz CT molecular complexity index is 990. The molecule has 6 nitrogen and oxygen atoms in total. The van der Waals surface area contributed by atoms with Crippen molar-refractivity contribution in [1.29, 1.82) is 0 Å². The number of ketones is 1. The minimum Gasteiger partial charge on any atom is -0.496 e. The quantitative estimate of drug-likeness (QED) is 0.515. The Hall–Kier alpha value is -3.67. The largest absolute Gasteiger partial charge is 0.496 e. The molecule has 3 rings (SSSR count). The van der Waals surface area contributed by atoms with E-state index in [2.05, 4.69) is 5.10 Å². The number of hydrogen-bond donors (Lipinski definition) is 1. The number of methoxy groups -OCH3 is 1. The molecular formula is C21H18N2O4. The Morgan fingerprint density at radius 2 is 1.96 bits per heavy atom. The molecule has 0 bridgehead atoms. The van der Waals surface area contributed by atoms with E-state index >= 15 is 0 Å². The molecule has 136 valence electrons. The minimum absolute atomic E-state index is 0.210. The van der Waals surface area contributed by atoms with Crippen molar-refractivity contribution in [3.8, 4) is 11.4 Å². The van der Waals surface area contributed by atoms with E-state index in [0.29, 0.717) is 16.9 Å². The van der Waals surface area contributed by atoms with Gasteiger partial charge >= 0.3 is 5.97 Å². The molecule has 0 spiro atoms. The van der Waals surface area contributed by atoms with Crippen molar-refractivity contribution in [1.82, 2.24) is 9.78 Å². The molecule has 0 fully saturated rings. The van der Waals surface area contributed by atoms with Crippen LogP contribution in [0.3, 0.4) is 0 Å². The molecule has 1 aromatic heterocycles. The van der Waals surface area contributed by atoms with Gasteiger partial charge < -0.3 is 9.84 Å². The molecule has 1 N–H and O–H groups in total. The summed E-state index contributed by atoms with van der Waals surface area (Å²) in [6, 6.07) is 14.4. The van der Waals surface area contributed by atoms with Crippen molar-refractivity contribution < 1.29 is 19.4 Å². The van der Waals surface area contributed by atoms with Gasteiger partial charge in [0, 0.05) is 22.9 Å². The molecule has 1 heterocycles. The van der Waals surface area contributed by atoms with Crippen LogP contribution in [0, 0.1) is 0 Å². The monoisotopic (exact) mass is 362 g/mol. The van der Waals surface area contributed by atoms with Crippen LogP contribution in [0.15, 0.2) is 67.0 Å². The lowest BCUT2D eigenvalue weighted by Crippen LogP contribution is -2.04. The number of carbonyl (C=O) groups excluding carboxylic acids is 1. The molecule has 6 heteroatoms. The van der Waals surface area contributed by atoms with E-state index in [1.165, 1.54) is 13.2 Å². The van der Waals surface area contributed by atoms with Crippen LogP contribution in [0.1, 0.15) is 21.5 Å². The Morgan fingerprint density at radius 3 is 2.67 bits per heavy atom. The number of aromatic nitrogens is 2. The number of carboxylic acids is 1. The fraction of sp³-hybridized carbons (Fsp3) is 0.0952. The van der Waals surface area contributed by atoms with E-state index in [4.69, 9.17) is 9.84 Å². The summed E-state index contributed by atoms with van der Waals surface area (Å²) in [4.78, 5) is 23.4. The van der Waals surface area contributed by atoms with Gasteiger partial charge in [0.2, 0.25) is 0 Å². The molecule has 0 radical (unpaired) electrons. The van der Waals surface area contributed by atoms with Crippen molar-refractivity contribution in [2.45, 2.75) is 6.42 Å². The highest BCUT2D eigenvalue weighted by atomic mass is 16.5. The van der Waals surface area contributed by atoms with Crippen molar-refractivity contribution in [2.24, 2.45) is 0 Å². The van der Waals surface area contributed by atoms with Gasteiger partial charge in [0.25, 0.3) is 0 Å². The van der Waals surface area contributed by atoms with E-state index < -0.39 is 5.97 Å². The van der Waals surface area contributed by atoms with Crippen LogP contribution >= 0.6 is 0 Å². The van der Waals surface area contributed by atoms with Gasteiger partial charge in [0.05, 0.1) is 25.4 Å². The van der Waals surface area contributed by atoms with Crippen molar-refractivity contribution in [3.05, 3.63) is 83.7 Å². The molecule has 0 unspecified atom stereocenters. The van der Waals surface area contributed by atoms with Gasteiger partial charge in [-0.05, 0) is 42.5 Å². The topological polar surface area (TPSA) is 81.4 Å². The highest BCUT2D eigenvalue weighted by Crippen LogP contribution is 2.21. The third-order valence-electron chi connectivity index (χ3n) is 3.96. The predicted octanol–water partition coefficient (Wildman–Crippen LogP) is 3.40. The van der Waals surface area contributed by atoms with Crippen LogP contribution < -0.4 is 4.74 Å². The smallest absolute Gasteiger partial charge is 0.307 e. The molecule has 0 aliphatic carbocycles. The molecule has 0 saturated carbocycles. The molecule has 0 aliphatic rings. The average molecular weight is 362 g/mol. The van der Waals surface area contributed by atoms with E-state index in [1.807, 2.05) is 36.5 Å². The van der Waals surface area contributed by atoms with Crippen molar-refractivity contribution in [2.75, 3.05) is 7.11 Å². The summed E-state index contributed by atoms with van der Waals surface area (Å²) in [7, 11) is 1.46. The van der Waals surface area contributed by atoms with Gasteiger partial charge in [-0.25, -0.2) is 4.68 Å². The molecule has 27 heavy (non-hydrogen) atoms. The molecule has 0 saturated heterocycles. The second kappa shape index (κ2) is 8.14. The second-order valence-corrected chi connectivity index (χ2v) is 5.85. The lowest BCUT2D eigenvalue weighted by Gasteiger charge is -2.07. The maximum atomic E-state index is 12.4. The molecule has 0 atom stereocenters. The normalized spacial score (nSPS) is 10.9. The number of aliphatic carboxylic acids is 1. The molecule has 0 aliphatic heterocycles. The van der Waals surface area contributed by atoms with Crippen LogP contribution in [0.2, 0.25) is 0 Å². The maximum Gasteiger partial charge on any atom is 0.307 e. The van der Waals surface area contributed by atoms with Gasteiger partial charge in [-0.2, -0.15) is 5.10 Å².